The average molecular weight is 343 g/mol. The first kappa shape index (κ1) is 15.2. The van der Waals surface area contributed by atoms with Crippen molar-refractivity contribution in [2.45, 2.75) is 23.3 Å². The number of hydrogen-bond acceptors (Lipinski definition) is 4. The van der Waals surface area contributed by atoms with Crippen LogP contribution in [0.3, 0.4) is 0 Å². The van der Waals surface area contributed by atoms with Crippen LogP contribution in [0.4, 0.5) is 0 Å². The van der Waals surface area contributed by atoms with Crippen molar-refractivity contribution in [3.05, 3.63) is 59.7 Å². The summed E-state index contributed by atoms with van der Waals surface area (Å²) in [6, 6.07) is 13.9. The third-order valence-electron chi connectivity index (χ3n) is 4.61. The van der Waals surface area contributed by atoms with Gasteiger partial charge in [0.2, 0.25) is 5.91 Å². The van der Waals surface area contributed by atoms with Crippen molar-refractivity contribution >= 4 is 15.7 Å². The Bertz CT molecular complexity index is 907. The van der Waals surface area contributed by atoms with E-state index in [2.05, 4.69) is 5.32 Å². The zero-order chi connectivity index (χ0) is 16.7. The number of sulfone groups is 1. The fourth-order valence-electron chi connectivity index (χ4n) is 3.46. The molecule has 0 aliphatic carbocycles. The van der Waals surface area contributed by atoms with Gasteiger partial charge in [0.15, 0.2) is 9.84 Å². The second-order valence-electron chi connectivity index (χ2n) is 6.11. The van der Waals surface area contributed by atoms with Crippen molar-refractivity contribution in [3.63, 3.8) is 0 Å². The molecule has 2 aromatic rings. The SMILES string of the molecule is O=C(N[C@H]1CS(=O)(=O)c2ccccc21)[C@@H]1CCOc2ccccc21. The van der Waals surface area contributed by atoms with Gasteiger partial charge in [-0.2, -0.15) is 0 Å². The highest BCUT2D eigenvalue weighted by Gasteiger charge is 2.37. The van der Waals surface area contributed by atoms with E-state index in [1.807, 2.05) is 24.3 Å². The van der Waals surface area contributed by atoms with E-state index in [1.54, 1.807) is 24.3 Å². The molecule has 4 rings (SSSR count). The van der Waals surface area contributed by atoms with E-state index >= 15 is 0 Å². The summed E-state index contributed by atoms with van der Waals surface area (Å²) in [7, 11) is -3.33. The molecule has 2 heterocycles. The minimum atomic E-state index is -3.33. The largest absolute Gasteiger partial charge is 0.493 e. The van der Waals surface area contributed by atoms with E-state index in [0.717, 1.165) is 11.3 Å². The van der Waals surface area contributed by atoms with E-state index in [9.17, 15) is 13.2 Å². The highest BCUT2D eigenvalue weighted by Crippen LogP contribution is 2.36. The van der Waals surface area contributed by atoms with Gasteiger partial charge in [0.05, 0.1) is 29.2 Å². The molecule has 2 aromatic carbocycles. The van der Waals surface area contributed by atoms with E-state index in [0.29, 0.717) is 23.5 Å². The molecule has 2 aliphatic heterocycles. The Balaban J connectivity index is 1.61. The van der Waals surface area contributed by atoms with Crippen molar-refractivity contribution in [1.29, 1.82) is 0 Å². The number of fused-ring (bicyclic) bond motifs is 2. The van der Waals surface area contributed by atoms with Gasteiger partial charge in [0.1, 0.15) is 5.75 Å². The standard InChI is InChI=1S/C18H17NO4S/c20-18(13-9-10-23-16-7-3-1-5-12(13)16)19-15-11-24(21,22)17-8-4-2-6-14(15)17/h1-8,13,15H,9-11H2,(H,19,20)/t13-,15+/m1/s1. The quantitative estimate of drug-likeness (QED) is 0.907. The second kappa shape index (κ2) is 5.63. The summed E-state index contributed by atoms with van der Waals surface area (Å²) in [6.45, 7) is 0.481. The molecular weight excluding hydrogens is 326 g/mol. The van der Waals surface area contributed by atoms with Gasteiger partial charge in [-0.25, -0.2) is 8.42 Å². The molecule has 0 saturated heterocycles. The van der Waals surface area contributed by atoms with Crippen LogP contribution in [0.15, 0.2) is 53.4 Å². The molecule has 0 saturated carbocycles. The Morgan fingerprint density at radius 2 is 1.75 bits per heavy atom. The van der Waals surface area contributed by atoms with Crippen LogP contribution in [0, 0.1) is 0 Å². The summed E-state index contributed by atoms with van der Waals surface area (Å²) in [5, 5.41) is 2.93. The van der Waals surface area contributed by atoms with Crippen molar-refractivity contribution < 1.29 is 17.9 Å². The zero-order valence-corrected chi connectivity index (χ0v) is 13.8. The molecule has 124 valence electrons. The lowest BCUT2D eigenvalue weighted by Gasteiger charge is -2.26. The number of para-hydroxylation sites is 1. The maximum absolute atomic E-state index is 12.8. The number of rotatable bonds is 2. The lowest BCUT2D eigenvalue weighted by atomic mass is 9.92. The van der Waals surface area contributed by atoms with Crippen LogP contribution in [0.5, 0.6) is 5.75 Å². The fourth-order valence-corrected chi connectivity index (χ4v) is 5.19. The molecule has 0 fully saturated rings. The minimum Gasteiger partial charge on any atom is -0.493 e. The first-order valence-corrected chi connectivity index (χ1v) is 9.55. The lowest BCUT2D eigenvalue weighted by Crippen LogP contribution is -2.35. The number of amides is 1. The number of ether oxygens (including phenoxy) is 1. The smallest absolute Gasteiger partial charge is 0.228 e. The fraction of sp³-hybridized carbons (Fsp3) is 0.278. The summed E-state index contributed by atoms with van der Waals surface area (Å²) in [5.41, 5.74) is 1.53. The molecular formula is C18H17NO4S. The Morgan fingerprint density at radius 3 is 2.58 bits per heavy atom. The van der Waals surface area contributed by atoms with Crippen molar-refractivity contribution in [3.8, 4) is 5.75 Å². The van der Waals surface area contributed by atoms with E-state index in [-0.39, 0.29) is 17.6 Å². The number of nitrogens with one attached hydrogen (secondary N) is 1. The van der Waals surface area contributed by atoms with Crippen molar-refractivity contribution in [1.82, 2.24) is 5.32 Å². The van der Waals surface area contributed by atoms with Gasteiger partial charge < -0.3 is 10.1 Å². The molecule has 1 N–H and O–H groups in total. The maximum Gasteiger partial charge on any atom is 0.228 e. The van der Waals surface area contributed by atoms with Crippen molar-refractivity contribution in [2.24, 2.45) is 0 Å². The van der Waals surface area contributed by atoms with Crippen LogP contribution in [0.25, 0.3) is 0 Å². The van der Waals surface area contributed by atoms with E-state index in [1.165, 1.54) is 0 Å². The zero-order valence-electron chi connectivity index (χ0n) is 12.9. The monoisotopic (exact) mass is 343 g/mol. The van der Waals surface area contributed by atoms with E-state index in [4.69, 9.17) is 4.74 Å². The minimum absolute atomic E-state index is 0.0804. The molecule has 0 radical (unpaired) electrons. The Morgan fingerprint density at radius 1 is 1.04 bits per heavy atom. The van der Waals surface area contributed by atoms with Gasteiger partial charge >= 0.3 is 0 Å². The normalized spacial score (nSPS) is 23.7. The molecule has 5 nitrogen and oxygen atoms in total. The Kier molecular flexibility index (Phi) is 3.57. The summed E-state index contributed by atoms with van der Waals surface area (Å²) in [4.78, 5) is 13.1. The highest BCUT2D eigenvalue weighted by atomic mass is 32.2. The van der Waals surface area contributed by atoms with E-state index < -0.39 is 15.9 Å². The van der Waals surface area contributed by atoms with Crippen LogP contribution in [-0.2, 0) is 14.6 Å². The second-order valence-corrected chi connectivity index (χ2v) is 8.11. The van der Waals surface area contributed by atoms with Gasteiger partial charge in [0.25, 0.3) is 0 Å². The predicted octanol–water partition coefficient (Wildman–Crippen LogP) is 2.20. The van der Waals surface area contributed by atoms with Gasteiger partial charge in [-0.3, -0.25) is 4.79 Å². The summed E-state index contributed by atoms with van der Waals surface area (Å²) < 4.78 is 30.1. The molecule has 0 spiro atoms. The number of hydrogen-bond donors (Lipinski definition) is 1. The van der Waals surface area contributed by atoms with Gasteiger partial charge in [-0.05, 0) is 24.1 Å². The van der Waals surface area contributed by atoms with Crippen LogP contribution >= 0.6 is 0 Å². The summed E-state index contributed by atoms with van der Waals surface area (Å²) >= 11 is 0. The predicted molar refractivity (Wildman–Crippen MR) is 88.7 cm³/mol. The first-order chi connectivity index (χ1) is 11.6. The lowest BCUT2D eigenvalue weighted by molar-refractivity contribution is -0.123. The van der Waals surface area contributed by atoms with Crippen LogP contribution in [-0.4, -0.2) is 26.7 Å². The molecule has 2 aliphatic rings. The molecule has 0 unspecified atom stereocenters. The average Bonchev–Trinajstić information content (AvgIpc) is 2.85. The number of carbonyl (C=O) groups excluding carboxylic acids is 1. The van der Waals surface area contributed by atoms with Crippen LogP contribution < -0.4 is 10.1 Å². The Hall–Kier alpha value is -2.34. The summed E-state index contributed by atoms with van der Waals surface area (Å²) in [5.74, 6) is 0.180. The molecule has 6 heteroatoms. The highest BCUT2D eigenvalue weighted by molar-refractivity contribution is 7.91. The first-order valence-electron chi connectivity index (χ1n) is 7.90. The number of carbonyl (C=O) groups is 1. The summed E-state index contributed by atoms with van der Waals surface area (Å²) in [6.07, 6.45) is 0.587. The molecule has 0 bridgehead atoms. The Labute approximate surface area is 140 Å². The number of benzene rings is 2. The van der Waals surface area contributed by atoms with Gasteiger partial charge in [-0.1, -0.05) is 36.4 Å². The molecule has 1 amide bonds. The van der Waals surface area contributed by atoms with Crippen molar-refractivity contribution in [2.75, 3.05) is 12.4 Å². The third-order valence-corrected chi connectivity index (χ3v) is 6.42. The van der Waals surface area contributed by atoms with Crippen LogP contribution in [0.1, 0.15) is 29.5 Å². The molecule has 2 atom stereocenters. The van der Waals surface area contributed by atoms with Gasteiger partial charge in [0, 0.05) is 5.56 Å². The maximum atomic E-state index is 12.8. The van der Waals surface area contributed by atoms with Crippen LogP contribution in [0.2, 0.25) is 0 Å². The van der Waals surface area contributed by atoms with Gasteiger partial charge in [-0.15, -0.1) is 0 Å². The topological polar surface area (TPSA) is 72.5 Å². The molecule has 0 aromatic heterocycles. The molecule has 24 heavy (non-hydrogen) atoms. The third kappa shape index (κ3) is 2.47.